The highest BCUT2D eigenvalue weighted by atomic mass is 16.5. The van der Waals surface area contributed by atoms with Crippen LogP contribution in [-0.4, -0.2) is 49.4 Å². The van der Waals surface area contributed by atoms with Gasteiger partial charge in [0.05, 0.1) is 23.2 Å². The van der Waals surface area contributed by atoms with E-state index >= 15 is 0 Å². The van der Waals surface area contributed by atoms with E-state index in [0.717, 1.165) is 11.3 Å². The second-order valence-corrected chi connectivity index (χ2v) is 8.97. The lowest BCUT2D eigenvalue weighted by Crippen LogP contribution is -2.49. The van der Waals surface area contributed by atoms with E-state index < -0.39 is 16.3 Å². The second-order valence-electron chi connectivity index (χ2n) is 8.97. The van der Waals surface area contributed by atoms with Crippen LogP contribution in [0.2, 0.25) is 0 Å². The van der Waals surface area contributed by atoms with Crippen LogP contribution >= 0.6 is 0 Å². The van der Waals surface area contributed by atoms with Crippen LogP contribution in [0.4, 0.5) is 0 Å². The van der Waals surface area contributed by atoms with E-state index in [1.807, 2.05) is 68.8 Å². The molecule has 2 aromatic heterocycles. The van der Waals surface area contributed by atoms with Gasteiger partial charge in [-0.3, -0.25) is 9.48 Å². The molecule has 0 amide bonds. The molecule has 1 atom stereocenters. The van der Waals surface area contributed by atoms with Crippen LogP contribution in [0.5, 0.6) is 0 Å². The number of ketones is 1. The zero-order valence-corrected chi connectivity index (χ0v) is 17.3. The molecule has 0 saturated carbocycles. The number of rotatable bonds is 4. The number of ether oxygens (including phenoxy) is 1. The number of pyridine rings is 1. The van der Waals surface area contributed by atoms with E-state index in [2.05, 4.69) is 11.2 Å². The summed E-state index contributed by atoms with van der Waals surface area (Å²) in [5.74, 6) is -0.161. The highest BCUT2D eigenvalue weighted by molar-refractivity contribution is 6.58. The van der Waals surface area contributed by atoms with Crippen molar-refractivity contribution in [3.63, 3.8) is 0 Å². The molecule has 6 nitrogen and oxygen atoms in total. The topological polar surface area (TPSA) is 80.8 Å². The van der Waals surface area contributed by atoms with Crippen LogP contribution in [-0.2, 0) is 22.2 Å². The van der Waals surface area contributed by atoms with Crippen LogP contribution in [0.25, 0.3) is 11.3 Å². The number of allylic oxidation sites excluding steroid dienone is 1. The third-order valence-electron chi connectivity index (χ3n) is 4.73. The van der Waals surface area contributed by atoms with Gasteiger partial charge in [-0.2, -0.15) is 10.4 Å². The summed E-state index contributed by atoms with van der Waals surface area (Å²) >= 11 is 0. The Hall–Kier alpha value is -2.59. The van der Waals surface area contributed by atoms with Gasteiger partial charge < -0.3 is 4.74 Å². The van der Waals surface area contributed by atoms with E-state index in [0.29, 0.717) is 12.1 Å². The van der Waals surface area contributed by atoms with Gasteiger partial charge in [-0.05, 0) is 29.9 Å². The summed E-state index contributed by atoms with van der Waals surface area (Å²) in [5, 5.41) is 13.3. The largest absolute Gasteiger partial charge is 0.384 e. The molecule has 3 rings (SSSR count). The van der Waals surface area contributed by atoms with Crippen LogP contribution in [0.1, 0.15) is 26.0 Å². The third kappa shape index (κ3) is 3.83. The minimum atomic E-state index is -0.973. The zero-order chi connectivity index (χ0) is 20.7. The standard InChI is InChI=1S/C19H23B3N4O2/c1-17(2)11-18(28-19(20,21)22,7-12(8-23)16(17)27)15-6-4-5-14(25-15)13-9-24-26(3)10-13/h4-7,9-10H,11,20-22H2,1-3H3. The Morgan fingerprint density at radius 1 is 1.32 bits per heavy atom. The average molecular weight is 372 g/mol. The third-order valence-corrected chi connectivity index (χ3v) is 4.73. The number of carbonyl (C=O) groups excluding carboxylic acids is 1. The van der Waals surface area contributed by atoms with Gasteiger partial charge in [0.2, 0.25) is 0 Å². The van der Waals surface area contributed by atoms with E-state index in [-0.39, 0.29) is 11.4 Å². The van der Waals surface area contributed by atoms with Crippen molar-refractivity contribution in [1.29, 1.82) is 5.26 Å². The molecule has 1 aliphatic rings. The first-order valence-corrected chi connectivity index (χ1v) is 9.30. The summed E-state index contributed by atoms with van der Waals surface area (Å²) < 4.78 is 8.22. The Bertz CT molecular complexity index is 1000. The molecule has 28 heavy (non-hydrogen) atoms. The molecule has 140 valence electrons. The predicted molar refractivity (Wildman–Crippen MR) is 115 cm³/mol. The Morgan fingerprint density at radius 2 is 2.04 bits per heavy atom. The fourth-order valence-electron chi connectivity index (χ4n) is 3.75. The minimum absolute atomic E-state index is 0.120. The molecule has 2 aromatic rings. The van der Waals surface area contributed by atoms with Crippen LogP contribution < -0.4 is 0 Å². The maximum Gasteiger partial charge on any atom is 0.178 e. The van der Waals surface area contributed by atoms with Gasteiger partial charge in [-0.1, -0.05) is 19.9 Å². The van der Waals surface area contributed by atoms with Crippen LogP contribution in [0, 0.1) is 16.7 Å². The van der Waals surface area contributed by atoms with Gasteiger partial charge in [-0.25, -0.2) is 4.98 Å². The number of hydrogen-bond acceptors (Lipinski definition) is 5. The quantitative estimate of drug-likeness (QED) is 0.686. The Balaban J connectivity index is 2.21. The summed E-state index contributed by atoms with van der Waals surface area (Å²) in [5.41, 5.74) is 0.747. The van der Waals surface area contributed by atoms with Gasteiger partial charge in [0.25, 0.3) is 0 Å². The van der Waals surface area contributed by atoms with Crippen molar-refractivity contribution in [3.05, 3.63) is 47.9 Å². The number of aromatic nitrogens is 3. The average Bonchev–Trinajstić information content (AvgIpc) is 3.03. The molecule has 1 unspecified atom stereocenters. The smallest absolute Gasteiger partial charge is 0.178 e. The van der Waals surface area contributed by atoms with Crippen molar-refractivity contribution in [1.82, 2.24) is 14.8 Å². The van der Waals surface area contributed by atoms with Crippen molar-refractivity contribution in [2.45, 2.75) is 31.2 Å². The second kappa shape index (κ2) is 6.79. The van der Waals surface area contributed by atoms with Gasteiger partial charge in [0, 0.05) is 24.2 Å². The normalized spacial score (nSPS) is 21.8. The summed E-state index contributed by atoms with van der Waals surface area (Å²) in [6.07, 6.45) is 5.72. The molecule has 0 fully saturated rings. The number of nitrogens with zero attached hydrogens (tertiary/aromatic N) is 4. The molecule has 0 saturated heterocycles. The first kappa shape index (κ1) is 20.2. The van der Waals surface area contributed by atoms with Gasteiger partial charge >= 0.3 is 0 Å². The fraction of sp³-hybridized carbons (Fsp3) is 0.368. The first-order chi connectivity index (χ1) is 13.0. The maximum atomic E-state index is 12.7. The molecule has 0 aromatic carbocycles. The number of carbonyl (C=O) groups is 1. The van der Waals surface area contributed by atoms with E-state index in [4.69, 9.17) is 9.72 Å². The lowest BCUT2D eigenvalue weighted by molar-refractivity contribution is -0.131. The van der Waals surface area contributed by atoms with Gasteiger partial charge in [0.15, 0.2) is 5.78 Å². The molecule has 0 bridgehead atoms. The van der Waals surface area contributed by atoms with E-state index in [1.165, 1.54) is 0 Å². The van der Waals surface area contributed by atoms with E-state index in [9.17, 15) is 10.1 Å². The monoisotopic (exact) mass is 372 g/mol. The van der Waals surface area contributed by atoms with E-state index in [1.54, 1.807) is 17.0 Å². The summed E-state index contributed by atoms with van der Waals surface area (Å²) in [6, 6.07) is 7.79. The molecule has 0 radical (unpaired) electrons. The molecule has 0 spiro atoms. The maximum absolute atomic E-state index is 12.7. The SMILES string of the molecule is BC(B)(B)OC1(c2cccc(-c3cnn(C)c3)n2)C=C(C#N)C(=O)C(C)(C)C1. The highest BCUT2D eigenvalue weighted by Gasteiger charge is 2.49. The number of hydrogen-bond donors (Lipinski definition) is 0. The summed E-state index contributed by atoms with van der Waals surface area (Å²) in [4.78, 5) is 17.5. The highest BCUT2D eigenvalue weighted by Crippen LogP contribution is 2.46. The Morgan fingerprint density at radius 3 is 2.61 bits per heavy atom. The summed E-state index contributed by atoms with van der Waals surface area (Å²) in [7, 11) is 7.74. The number of nitriles is 1. The summed E-state index contributed by atoms with van der Waals surface area (Å²) in [6.45, 7) is 3.71. The lowest BCUT2D eigenvalue weighted by Gasteiger charge is -2.44. The Labute approximate surface area is 168 Å². The lowest BCUT2D eigenvalue weighted by atomic mass is 9.51. The molecular formula is C19H23B3N4O2. The minimum Gasteiger partial charge on any atom is -0.384 e. The van der Waals surface area contributed by atoms with Crippen molar-refractivity contribution in [3.8, 4) is 17.3 Å². The molecule has 2 heterocycles. The van der Waals surface area contributed by atoms with Crippen molar-refractivity contribution < 1.29 is 9.53 Å². The Kier molecular flexibility index (Phi) is 4.88. The predicted octanol–water partition coefficient (Wildman–Crippen LogP) is -0.346. The van der Waals surface area contributed by atoms with Crippen molar-refractivity contribution >= 4 is 29.3 Å². The number of Topliss-reactive ketones (excluding diaryl/α,β-unsaturated/α-hetero) is 1. The molecule has 0 N–H and O–H groups in total. The first-order valence-electron chi connectivity index (χ1n) is 9.30. The zero-order valence-electron chi connectivity index (χ0n) is 17.3. The fourth-order valence-corrected chi connectivity index (χ4v) is 3.75. The molecule has 9 heteroatoms. The van der Waals surface area contributed by atoms with Gasteiger partial charge in [0.1, 0.15) is 35.2 Å². The van der Waals surface area contributed by atoms with Gasteiger partial charge in [-0.15, -0.1) is 0 Å². The van der Waals surface area contributed by atoms with Crippen LogP contribution in [0.15, 0.2) is 42.2 Å². The van der Waals surface area contributed by atoms with Crippen LogP contribution in [0.3, 0.4) is 0 Å². The number of aryl methyl sites for hydroxylation is 1. The van der Waals surface area contributed by atoms with Crippen molar-refractivity contribution in [2.24, 2.45) is 12.5 Å². The molecule has 0 aliphatic heterocycles. The molecular weight excluding hydrogens is 349 g/mol. The van der Waals surface area contributed by atoms with Crippen molar-refractivity contribution in [2.75, 3.05) is 0 Å². The molecule has 1 aliphatic carbocycles.